The summed E-state index contributed by atoms with van der Waals surface area (Å²) in [4.78, 5) is 34.3. The summed E-state index contributed by atoms with van der Waals surface area (Å²) in [6.07, 6.45) is -0.100. The lowest BCUT2D eigenvalue weighted by Crippen LogP contribution is -2.50. The van der Waals surface area contributed by atoms with E-state index in [1.165, 1.54) is 19.1 Å². The molecule has 0 aliphatic carbocycles. The molecule has 0 bridgehead atoms. The van der Waals surface area contributed by atoms with Crippen molar-refractivity contribution >= 4 is 17.7 Å². The zero-order chi connectivity index (χ0) is 16.7. The van der Waals surface area contributed by atoms with Gasteiger partial charge in [-0.25, -0.2) is 0 Å². The highest BCUT2D eigenvalue weighted by Gasteiger charge is 2.24. The second-order valence-electron chi connectivity index (χ2n) is 4.98. The fourth-order valence-corrected chi connectivity index (χ4v) is 1.94. The molecule has 1 rings (SSSR count). The molecule has 2 atom stereocenters. The van der Waals surface area contributed by atoms with Gasteiger partial charge in [0.1, 0.15) is 5.75 Å². The van der Waals surface area contributed by atoms with Gasteiger partial charge in [-0.2, -0.15) is 0 Å². The molecule has 0 spiro atoms. The zero-order valence-corrected chi connectivity index (χ0v) is 12.5. The van der Waals surface area contributed by atoms with Gasteiger partial charge in [0.15, 0.2) is 5.78 Å². The molecule has 7 heteroatoms. The number of likely N-dealkylation sites (N-methyl/N-ethyl adjacent to an activating group) is 1. The van der Waals surface area contributed by atoms with Crippen LogP contribution in [0.4, 0.5) is 0 Å². The molecule has 4 N–H and O–H groups in total. The number of carbonyl (C=O) groups is 3. The first-order valence-corrected chi connectivity index (χ1v) is 6.81. The van der Waals surface area contributed by atoms with Gasteiger partial charge in [-0.1, -0.05) is 12.1 Å². The average Bonchev–Trinajstić information content (AvgIpc) is 2.45. The van der Waals surface area contributed by atoms with Gasteiger partial charge in [0.25, 0.3) is 0 Å². The highest BCUT2D eigenvalue weighted by atomic mass is 16.4. The van der Waals surface area contributed by atoms with Crippen molar-refractivity contribution in [3.8, 4) is 5.75 Å². The fraction of sp³-hybridized carbons (Fsp3) is 0.400. The minimum atomic E-state index is -1.15. The van der Waals surface area contributed by atoms with Crippen molar-refractivity contribution in [1.29, 1.82) is 0 Å². The maximum atomic E-state index is 12.2. The number of carboxylic acid groups (broad SMARTS) is 1. The SMILES string of the molecule is CN[C@@H](Cc1ccc(O)cc1)C(=O)NC(CC(=O)O)C(C)=O. The van der Waals surface area contributed by atoms with Crippen molar-refractivity contribution in [2.24, 2.45) is 0 Å². The molecule has 0 saturated heterocycles. The quantitative estimate of drug-likeness (QED) is 0.540. The lowest BCUT2D eigenvalue weighted by molar-refractivity contribution is -0.140. The summed E-state index contributed by atoms with van der Waals surface area (Å²) in [5.41, 5.74) is 0.824. The number of phenols is 1. The van der Waals surface area contributed by atoms with E-state index in [9.17, 15) is 19.5 Å². The summed E-state index contributed by atoms with van der Waals surface area (Å²) in [6, 6.07) is 4.76. The molecule has 0 saturated carbocycles. The Hall–Kier alpha value is -2.41. The molecular weight excluding hydrogens is 288 g/mol. The fourth-order valence-electron chi connectivity index (χ4n) is 1.94. The number of phenolic OH excluding ortho intramolecular Hbond substituents is 1. The van der Waals surface area contributed by atoms with Crippen LogP contribution in [0.25, 0.3) is 0 Å². The van der Waals surface area contributed by atoms with Gasteiger partial charge >= 0.3 is 5.97 Å². The minimum Gasteiger partial charge on any atom is -0.508 e. The van der Waals surface area contributed by atoms with Crippen LogP contribution in [-0.4, -0.2) is 47.0 Å². The number of ketones is 1. The number of amides is 1. The third kappa shape index (κ3) is 5.53. The zero-order valence-electron chi connectivity index (χ0n) is 12.5. The van der Waals surface area contributed by atoms with E-state index in [2.05, 4.69) is 10.6 Å². The highest BCUT2D eigenvalue weighted by molar-refractivity contribution is 5.92. The first-order chi connectivity index (χ1) is 10.3. The van der Waals surface area contributed by atoms with Crippen LogP contribution >= 0.6 is 0 Å². The van der Waals surface area contributed by atoms with Crippen molar-refractivity contribution < 1.29 is 24.6 Å². The molecular formula is C15H20N2O5. The van der Waals surface area contributed by atoms with Gasteiger partial charge in [-0.3, -0.25) is 14.4 Å². The van der Waals surface area contributed by atoms with Crippen LogP contribution in [0, 0.1) is 0 Å². The summed E-state index contributed by atoms with van der Waals surface area (Å²) in [5, 5.41) is 23.3. The van der Waals surface area contributed by atoms with Gasteiger partial charge in [0.2, 0.25) is 5.91 Å². The van der Waals surface area contributed by atoms with E-state index >= 15 is 0 Å². The first kappa shape index (κ1) is 17.6. The Labute approximate surface area is 128 Å². The van der Waals surface area contributed by atoms with Crippen LogP contribution in [0.3, 0.4) is 0 Å². The average molecular weight is 308 g/mol. The molecule has 22 heavy (non-hydrogen) atoms. The Balaban J connectivity index is 2.72. The molecule has 1 aromatic rings. The number of carboxylic acids is 1. The van der Waals surface area contributed by atoms with E-state index in [-0.39, 0.29) is 5.75 Å². The van der Waals surface area contributed by atoms with Crippen LogP contribution in [0.2, 0.25) is 0 Å². The lowest BCUT2D eigenvalue weighted by Gasteiger charge is -2.20. The maximum absolute atomic E-state index is 12.2. The number of aliphatic carboxylic acids is 1. The summed E-state index contributed by atoms with van der Waals surface area (Å²) in [7, 11) is 1.60. The molecule has 7 nitrogen and oxygen atoms in total. The Morgan fingerprint density at radius 1 is 1.14 bits per heavy atom. The Kier molecular flexibility index (Phi) is 6.52. The van der Waals surface area contributed by atoms with E-state index in [1.54, 1.807) is 19.2 Å². The third-order valence-corrected chi connectivity index (χ3v) is 3.23. The van der Waals surface area contributed by atoms with E-state index < -0.39 is 36.2 Å². The van der Waals surface area contributed by atoms with Gasteiger partial charge in [0.05, 0.1) is 18.5 Å². The maximum Gasteiger partial charge on any atom is 0.305 e. The number of carbonyl (C=O) groups excluding carboxylic acids is 2. The molecule has 120 valence electrons. The second-order valence-corrected chi connectivity index (χ2v) is 4.98. The van der Waals surface area contributed by atoms with E-state index in [1.807, 2.05) is 0 Å². The number of Topliss-reactive ketones (excluding diaryl/α,β-unsaturated/α-hetero) is 1. The van der Waals surface area contributed by atoms with Gasteiger partial charge in [0, 0.05) is 0 Å². The molecule has 0 fully saturated rings. The normalized spacial score (nSPS) is 13.2. The highest BCUT2D eigenvalue weighted by Crippen LogP contribution is 2.11. The van der Waals surface area contributed by atoms with Crippen molar-refractivity contribution in [3.63, 3.8) is 0 Å². The van der Waals surface area contributed by atoms with Crippen LogP contribution in [0.5, 0.6) is 5.75 Å². The number of rotatable bonds is 8. The Morgan fingerprint density at radius 3 is 2.18 bits per heavy atom. The number of nitrogens with one attached hydrogen (secondary N) is 2. The summed E-state index contributed by atoms with van der Waals surface area (Å²) in [6.45, 7) is 1.24. The van der Waals surface area contributed by atoms with Crippen molar-refractivity contribution in [3.05, 3.63) is 29.8 Å². The topological polar surface area (TPSA) is 116 Å². The molecule has 0 heterocycles. The van der Waals surface area contributed by atoms with Gasteiger partial charge in [-0.15, -0.1) is 0 Å². The van der Waals surface area contributed by atoms with Gasteiger partial charge in [-0.05, 0) is 38.1 Å². The number of aromatic hydroxyl groups is 1. The first-order valence-electron chi connectivity index (χ1n) is 6.81. The molecule has 0 aromatic heterocycles. The predicted molar refractivity (Wildman–Crippen MR) is 79.5 cm³/mol. The molecule has 0 radical (unpaired) electrons. The predicted octanol–water partition coefficient (Wildman–Crippen LogP) is 0.0712. The Bertz CT molecular complexity index is 541. The van der Waals surface area contributed by atoms with E-state index in [0.717, 1.165) is 5.56 Å². The van der Waals surface area contributed by atoms with E-state index in [0.29, 0.717) is 6.42 Å². The molecule has 1 aromatic carbocycles. The molecule has 0 aliphatic rings. The summed E-state index contributed by atoms with van der Waals surface area (Å²) >= 11 is 0. The number of benzene rings is 1. The van der Waals surface area contributed by atoms with E-state index in [4.69, 9.17) is 5.11 Å². The van der Waals surface area contributed by atoms with Crippen molar-refractivity contribution in [2.45, 2.75) is 31.8 Å². The monoisotopic (exact) mass is 308 g/mol. The summed E-state index contributed by atoms with van der Waals surface area (Å²) in [5.74, 6) is -1.88. The molecule has 0 aliphatic heterocycles. The van der Waals surface area contributed by atoms with Crippen LogP contribution in [0.1, 0.15) is 18.9 Å². The molecule has 1 unspecified atom stereocenters. The van der Waals surface area contributed by atoms with Gasteiger partial charge < -0.3 is 20.8 Å². The minimum absolute atomic E-state index is 0.132. The number of hydrogen-bond acceptors (Lipinski definition) is 5. The summed E-state index contributed by atoms with van der Waals surface area (Å²) < 4.78 is 0. The van der Waals surface area contributed by atoms with Crippen LogP contribution in [-0.2, 0) is 20.8 Å². The standard InChI is InChI=1S/C15H20N2O5/c1-9(18)12(8-14(20)21)17-15(22)13(16-2)7-10-3-5-11(19)6-4-10/h3-6,12-13,16,19H,7-8H2,1-2H3,(H,17,22)(H,20,21)/t12?,13-/m0/s1. The largest absolute Gasteiger partial charge is 0.508 e. The van der Waals surface area contributed by atoms with Crippen LogP contribution < -0.4 is 10.6 Å². The molecule has 1 amide bonds. The Morgan fingerprint density at radius 2 is 1.73 bits per heavy atom. The lowest BCUT2D eigenvalue weighted by atomic mass is 10.0. The van der Waals surface area contributed by atoms with Crippen molar-refractivity contribution in [1.82, 2.24) is 10.6 Å². The van der Waals surface area contributed by atoms with Crippen molar-refractivity contribution in [2.75, 3.05) is 7.05 Å². The number of hydrogen-bond donors (Lipinski definition) is 4. The van der Waals surface area contributed by atoms with Crippen LogP contribution in [0.15, 0.2) is 24.3 Å². The smallest absolute Gasteiger partial charge is 0.305 e. The second kappa shape index (κ2) is 8.14. The third-order valence-electron chi connectivity index (χ3n) is 3.23.